The van der Waals surface area contributed by atoms with Crippen LogP contribution in [-0.2, 0) is 4.74 Å². The van der Waals surface area contributed by atoms with E-state index in [0.29, 0.717) is 6.04 Å². The molecule has 1 N–H and O–H groups in total. The van der Waals surface area contributed by atoms with Gasteiger partial charge in [0.25, 0.3) is 0 Å². The average Bonchev–Trinajstić information content (AvgIpc) is 3.33. The molecule has 1 aromatic heterocycles. The fraction of sp³-hybridized carbons (Fsp3) is 0.706. The van der Waals surface area contributed by atoms with E-state index >= 15 is 0 Å². The second-order valence-corrected chi connectivity index (χ2v) is 6.06. The molecule has 1 aliphatic carbocycles. The smallest absolute Gasteiger partial charge is 0.0641 e. The first-order valence-electron chi connectivity index (χ1n) is 8.19. The van der Waals surface area contributed by atoms with Crippen LogP contribution in [0.4, 0.5) is 5.69 Å². The number of nitrogens with zero attached hydrogens (tertiary/aromatic N) is 2. The van der Waals surface area contributed by atoms with E-state index in [0.717, 1.165) is 50.0 Å². The number of aromatic nitrogens is 1. The van der Waals surface area contributed by atoms with Crippen LogP contribution < -0.4 is 10.2 Å². The van der Waals surface area contributed by atoms with Crippen LogP contribution in [0.1, 0.15) is 44.8 Å². The third-order valence-corrected chi connectivity index (χ3v) is 3.98. The molecule has 1 unspecified atom stereocenters. The first-order chi connectivity index (χ1) is 10.2. The van der Waals surface area contributed by atoms with Crippen molar-refractivity contribution in [1.29, 1.82) is 0 Å². The summed E-state index contributed by atoms with van der Waals surface area (Å²) in [5, 5.41) is 3.46. The second kappa shape index (κ2) is 8.35. The Hall–Kier alpha value is -1.13. The number of hydrogen-bond donors (Lipinski definition) is 1. The summed E-state index contributed by atoms with van der Waals surface area (Å²) in [4.78, 5) is 6.78. The van der Waals surface area contributed by atoms with Crippen molar-refractivity contribution in [2.75, 3.05) is 38.3 Å². The summed E-state index contributed by atoms with van der Waals surface area (Å²) in [6.07, 6.45) is 5.81. The van der Waals surface area contributed by atoms with Crippen molar-refractivity contribution < 1.29 is 4.74 Å². The molecule has 0 amide bonds. The lowest BCUT2D eigenvalue weighted by Gasteiger charge is -2.20. The van der Waals surface area contributed by atoms with Crippen molar-refractivity contribution in [3.05, 3.63) is 24.0 Å². The molecule has 1 aliphatic rings. The van der Waals surface area contributed by atoms with Crippen molar-refractivity contribution in [3.63, 3.8) is 0 Å². The van der Waals surface area contributed by atoms with Crippen LogP contribution in [-0.4, -0.2) is 38.3 Å². The molecule has 1 saturated carbocycles. The van der Waals surface area contributed by atoms with Gasteiger partial charge < -0.3 is 15.0 Å². The number of hydrogen-bond acceptors (Lipinski definition) is 4. The molecule has 0 radical (unpaired) electrons. The van der Waals surface area contributed by atoms with E-state index in [1.807, 2.05) is 6.20 Å². The molecule has 0 bridgehead atoms. The molecule has 4 nitrogen and oxygen atoms in total. The Balaban J connectivity index is 1.74. The van der Waals surface area contributed by atoms with E-state index < -0.39 is 0 Å². The number of rotatable bonds is 10. The first kappa shape index (κ1) is 16.2. The van der Waals surface area contributed by atoms with E-state index in [9.17, 15) is 0 Å². The highest BCUT2D eigenvalue weighted by atomic mass is 16.5. The highest BCUT2D eigenvalue weighted by Crippen LogP contribution is 2.28. The molecule has 0 spiro atoms. The first-order valence-corrected chi connectivity index (χ1v) is 8.19. The average molecular weight is 291 g/mol. The third kappa shape index (κ3) is 5.64. The molecule has 21 heavy (non-hydrogen) atoms. The van der Waals surface area contributed by atoms with Crippen molar-refractivity contribution >= 4 is 5.69 Å². The normalized spacial score (nSPS) is 16.0. The molecule has 4 heteroatoms. The lowest BCUT2D eigenvalue weighted by Crippen LogP contribution is -2.24. The molecule has 0 aromatic carbocycles. The minimum atomic E-state index is 0.311. The van der Waals surface area contributed by atoms with Crippen molar-refractivity contribution in [2.45, 2.75) is 39.2 Å². The van der Waals surface area contributed by atoms with Crippen LogP contribution in [0.5, 0.6) is 0 Å². The summed E-state index contributed by atoms with van der Waals surface area (Å²) in [7, 11) is 2.09. The van der Waals surface area contributed by atoms with E-state index in [-0.39, 0.29) is 0 Å². The van der Waals surface area contributed by atoms with Crippen LogP contribution in [0.3, 0.4) is 0 Å². The van der Waals surface area contributed by atoms with Gasteiger partial charge >= 0.3 is 0 Å². The molecule has 0 aliphatic heterocycles. The fourth-order valence-corrected chi connectivity index (χ4v) is 2.21. The van der Waals surface area contributed by atoms with Gasteiger partial charge in [-0.2, -0.15) is 0 Å². The highest BCUT2D eigenvalue weighted by Gasteiger charge is 2.20. The van der Waals surface area contributed by atoms with Gasteiger partial charge in [-0.25, -0.2) is 0 Å². The van der Waals surface area contributed by atoms with Gasteiger partial charge in [-0.3, -0.25) is 4.98 Å². The Morgan fingerprint density at radius 1 is 1.43 bits per heavy atom. The standard InChI is InChI=1S/C17H29N3O/c1-4-9-18-14(2)17-8-7-16(12-19-17)20(3)10-11-21-13-15-5-6-15/h7-8,12,14-15,18H,4-6,9-11,13H2,1-3H3. The molecule has 2 rings (SSSR count). The summed E-state index contributed by atoms with van der Waals surface area (Å²) in [5.74, 6) is 0.841. The zero-order chi connectivity index (χ0) is 15.1. The maximum Gasteiger partial charge on any atom is 0.0641 e. The Morgan fingerprint density at radius 2 is 2.24 bits per heavy atom. The summed E-state index contributed by atoms with van der Waals surface area (Å²) in [6, 6.07) is 4.57. The SMILES string of the molecule is CCCNC(C)c1ccc(N(C)CCOCC2CC2)cn1. The van der Waals surface area contributed by atoms with Crippen molar-refractivity contribution in [3.8, 4) is 0 Å². The summed E-state index contributed by atoms with van der Waals surface area (Å²) < 4.78 is 5.68. The Bertz CT molecular complexity index is 403. The predicted octanol–water partition coefficient (Wildman–Crippen LogP) is 3.01. The molecule has 1 fully saturated rings. The summed E-state index contributed by atoms with van der Waals surface area (Å²) in [6.45, 7) is 8.01. The lowest BCUT2D eigenvalue weighted by atomic mass is 10.2. The molecular formula is C17H29N3O. The maximum absolute atomic E-state index is 5.68. The van der Waals surface area contributed by atoms with Crippen LogP contribution in [0.25, 0.3) is 0 Å². The summed E-state index contributed by atoms with van der Waals surface area (Å²) in [5.41, 5.74) is 2.25. The highest BCUT2D eigenvalue weighted by molar-refractivity contribution is 5.43. The number of nitrogens with one attached hydrogen (secondary N) is 1. The molecular weight excluding hydrogens is 262 g/mol. The number of ether oxygens (including phenoxy) is 1. The topological polar surface area (TPSA) is 37.4 Å². The molecule has 118 valence electrons. The van der Waals surface area contributed by atoms with Crippen LogP contribution in [0, 0.1) is 5.92 Å². The number of anilines is 1. The van der Waals surface area contributed by atoms with Gasteiger partial charge in [0.15, 0.2) is 0 Å². The second-order valence-electron chi connectivity index (χ2n) is 6.06. The molecule has 1 atom stereocenters. The maximum atomic E-state index is 5.68. The Labute approximate surface area is 128 Å². The van der Waals surface area contributed by atoms with Crippen molar-refractivity contribution in [1.82, 2.24) is 10.3 Å². The minimum Gasteiger partial charge on any atom is -0.379 e. The summed E-state index contributed by atoms with van der Waals surface area (Å²) >= 11 is 0. The fourth-order valence-electron chi connectivity index (χ4n) is 2.21. The van der Waals surface area contributed by atoms with Gasteiger partial charge in [0, 0.05) is 26.2 Å². The van der Waals surface area contributed by atoms with E-state index in [1.165, 1.54) is 12.8 Å². The van der Waals surface area contributed by atoms with Crippen LogP contribution in [0.2, 0.25) is 0 Å². The molecule has 1 aromatic rings. The largest absolute Gasteiger partial charge is 0.379 e. The van der Waals surface area contributed by atoms with Gasteiger partial charge in [0.2, 0.25) is 0 Å². The minimum absolute atomic E-state index is 0.311. The lowest BCUT2D eigenvalue weighted by molar-refractivity contribution is 0.131. The van der Waals surface area contributed by atoms with Gasteiger partial charge in [-0.1, -0.05) is 6.92 Å². The monoisotopic (exact) mass is 291 g/mol. The Morgan fingerprint density at radius 3 is 2.86 bits per heavy atom. The van der Waals surface area contributed by atoms with Crippen molar-refractivity contribution in [2.24, 2.45) is 5.92 Å². The van der Waals surface area contributed by atoms with Crippen LogP contribution in [0.15, 0.2) is 18.3 Å². The third-order valence-electron chi connectivity index (χ3n) is 3.98. The molecule has 0 saturated heterocycles. The zero-order valence-electron chi connectivity index (χ0n) is 13.6. The number of likely N-dealkylation sites (N-methyl/N-ethyl adjacent to an activating group) is 1. The predicted molar refractivity (Wildman–Crippen MR) is 87.8 cm³/mol. The van der Waals surface area contributed by atoms with E-state index in [1.54, 1.807) is 0 Å². The van der Waals surface area contributed by atoms with Crippen LogP contribution >= 0.6 is 0 Å². The zero-order valence-corrected chi connectivity index (χ0v) is 13.6. The number of pyridine rings is 1. The van der Waals surface area contributed by atoms with Gasteiger partial charge in [-0.15, -0.1) is 0 Å². The van der Waals surface area contributed by atoms with Gasteiger partial charge in [-0.05, 0) is 50.8 Å². The Kier molecular flexibility index (Phi) is 6.46. The molecule has 1 heterocycles. The quantitative estimate of drug-likeness (QED) is 0.672. The van der Waals surface area contributed by atoms with Gasteiger partial charge in [0.05, 0.1) is 24.2 Å². The van der Waals surface area contributed by atoms with Gasteiger partial charge in [0.1, 0.15) is 0 Å². The van der Waals surface area contributed by atoms with E-state index in [2.05, 4.69) is 48.2 Å². The van der Waals surface area contributed by atoms with E-state index in [4.69, 9.17) is 4.74 Å².